The third-order valence-electron chi connectivity index (χ3n) is 4.99. The normalized spacial score (nSPS) is 15.6. The molecule has 1 aromatic heterocycles. The van der Waals surface area contributed by atoms with Crippen molar-refractivity contribution in [1.29, 1.82) is 0 Å². The lowest BCUT2D eigenvalue weighted by Crippen LogP contribution is -2.26. The summed E-state index contributed by atoms with van der Waals surface area (Å²) >= 11 is 0. The van der Waals surface area contributed by atoms with Crippen molar-refractivity contribution in [1.82, 2.24) is 4.98 Å². The molecule has 1 heterocycles. The van der Waals surface area contributed by atoms with Crippen LogP contribution in [0.5, 0.6) is 11.5 Å². The summed E-state index contributed by atoms with van der Waals surface area (Å²) < 4.78 is 6.14. The number of hydrogen-bond acceptors (Lipinski definition) is 2. The maximum absolute atomic E-state index is 12.7. The number of aromatic nitrogens is 1. The quantitative estimate of drug-likeness (QED) is 0.638. The highest BCUT2D eigenvalue weighted by atomic mass is 16.5. The smallest absolute Gasteiger partial charge is 0.165 e. The molecule has 0 aliphatic heterocycles. The molecule has 1 aliphatic rings. The third kappa shape index (κ3) is 2.94. The zero-order valence-corrected chi connectivity index (χ0v) is 15.4. The predicted octanol–water partition coefficient (Wildman–Crippen LogP) is 5.94. The number of rotatable bonds is 3. The lowest BCUT2D eigenvalue weighted by atomic mass is 9.73. The van der Waals surface area contributed by atoms with Crippen molar-refractivity contribution in [2.45, 2.75) is 33.6 Å². The molecule has 1 aliphatic carbocycles. The van der Waals surface area contributed by atoms with E-state index < -0.39 is 0 Å². The Kier molecular flexibility index (Phi) is 3.95. The highest BCUT2D eigenvalue weighted by Crippen LogP contribution is 2.43. The van der Waals surface area contributed by atoms with Crippen molar-refractivity contribution in [2.75, 3.05) is 0 Å². The number of hydrogen-bond donors (Lipinski definition) is 1. The fourth-order valence-corrected chi connectivity index (χ4v) is 3.90. The lowest BCUT2D eigenvalue weighted by Gasteiger charge is -2.29. The van der Waals surface area contributed by atoms with Crippen LogP contribution < -0.4 is 4.74 Å². The fourth-order valence-electron chi connectivity index (χ4n) is 3.90. The molecule has 0 bridgehead atoms. The summed E-state index contributed by atoms with van der Waals surface area (Å²) in [6, 6.07) is 17.8. The molecular formula is C23H23NO2. The van der Waals surface area contributed by atoms with Crippen LogP contribution in [0, 0.1) is 12.3 Å². The molecule has 0 atom stereocenters. The molecule has 2 aromatic carbocycles. The van der Waals surface area contributed by atoms with Gasteiger partial charge in [-0.15, -0.1) is 0 Å². The van der Waals surface area contributed by atoms with E-state index in [2.05, 4.69) is 24.9 Å². The van der Waals surface area contributed by atoms with Gasteiger partial charge in [-0.3, -0.25) is 4.79 Å². The number of benzene rings is 2. The topological polar surface area (TPSA) is 42.1 Å². The number of ketones is 1. The van der Waals surface area contributed by atoms with Crippen LogP contribution in [-0.2, 0) is 6.42 Å². The Labute approximate surface area is 154 Å². The molecule has 0 spiro atoms. The Morgan fingerprint density at radius 1 is 0.962 bits per heavy atom. The van der Waals surface area contributed by atoms with Gasteiger partial charge >= 0.3 is 0 Å². The number of carbonyl (C=O) groups excluding carboxylic acids is 1. The van der Waals surface area contributed by atoms with Crippen LogP contribution in [0.25, 0.3) is 11.3 Å². The zero-order chi connectivity index (χ0) is 18.3. The van der Waals surface area contributed by atoms with Crippen molar-refractivity contribution in [3.8, 4) is 22.8 Å². The number of carbonyl (C=O) groups is 1. The van der Waals surface area contributed by atoms with E-state index in [1.807, 2.05) is 55.5 Å². The summed E-state index contributed by atoms with van der Waals surface area (Å²) in [6.07, 6.45) is 1.48. The van der Waals surface area contributed by atoms with Crippen LogP contribution in [-0.4, -0.2) is 10.8 Å². The van der Waals surface area contributed by atoms with Gasteiger partial charge in [-0.05, 0) is 48.6 Å². The van der Waals surface area contributed by atoms with Crippen molar-refractivity contribution >= 4 is 5.78 Å². The minimum atomic E-state index is -0.0251. The maximum atomic E-state index is 12.7. The van der Waals surface area contributed by atoms with Gasteiger partial charge in [0.2, 0.25) is 0 Å². The first-order valence-electron chi connectivity index (χ1n) is 9.01. The Hall–Kier alpha value is -2.81. The Morgan fingerprint density at radius 2 is 1.65 bits per heavy atom. The number of ether oxygens (including phenoxy) is 1. The monoisotopic (exact) mass is 345 g/mol. The fraction of sp³-hybridized carbons (Fsp3) is 0.261. The second kappa shape index (κ2) is 6.17. The largest absolute Gasteiger partial charge is 0.457 e. The molecule has 3 nitrogen and oxygen atoms in total. The molecule has 0 radical (unpaired) electrons. The van der Waals surface area contributed by atoms with Crippen molar-refractivity contribution in [2.24, 2.45) is 5.41 Å². The van der Waals surface area contributed by atoms with E-state index in [1.54, 1.807) is 0 Å². The average Bonchev–Trinajstić information content (AvgIpc) is 2.91. The van der Waals surface area contributed by atoms with E-state index in [0.29, 0.717) is 6.42 Å². The number of para-hydroxylation sites is 2. The molecule has 132 valence electrons. The molecule has 3 aromatic rings. The number of aromatic amines is 1. The second-order valence-electron chi connectivity index (χ2n) is 7.83. The van der Waals surface area contributed by atoms with Crippen molar-refractivity contribution in [3.63, 3.8) is 0 Å². The number of H-pyrrole nitrogens is 1. The molecule has 26 heavy (non-hydrogen) atoms. The minimum absolute atomic E-state index is 0.0251. The van der Waals surface area contributed by atoms with Gasteiger partial charge in [-0.2, -0.15) is 0 Å². The van der Waals surface area contributed by atoms with Crippen LogP contribution in [0.1, 0.15) is 41.9 Å². The van der Waals surface area contributed by atoms with Crippen molar-refractivity contribution in [3.05, 3.63) is 71.4 Å². The van der Waals surface area contributed by atoms with Crippen LogP contribution in [0.3, 0.4) is 0 Å². The highest BCUT2D eigenvalue weighted by Gasteiger charge is 2.35. The summed E-state index contributed by atoms with van der Waals surface area (Å²) in [6.45, 7) is 6.30. The number of Topliss-reactive ketones (excluding diaryl/α,β-unsaturated/α-hetero) is 1. The van der Waals surface area contributed by atoms with Gasteiger partial charge in [-0.1, -0.05) is 44.2 Å². The summed E-state index contributed by atoms with van der Waals surface area (Å²) in [4.78, 5) is 16.2. The average molecular weight is 345 g/mol. The van der Waals surface area contributed by atoms with Crippen molar-refractivity contribution < 1.29 is 9.53 Å². The van der Waals surface area contributed by atoms with Gasteiger partial charge in [0.15, 0.2) is 5.78 Å². The van der Waals surface area contributed by atoms with Gasteiger partial charge in [-0.25, -0.2) is 0 Å². The molecule has 0 saturated carbocycles. The van der Waals surface area contributed by atoms with Gasteiger partial charge < -0.3 is 9.72 Å². The van der Waals surface area contributed by atoms with Crippen LogP contribution in [0.2, 0.25) is 0 Å². The summed E-state index contributed by atoms with van der Waals surface area (Å²) in [5, 5.41) is 0. The Bertz CT molecular complexity index is 967. The molecule has 0 fully saturated rings. The molecule has 1 N–H and O–H groups in total. The first-order valence-corrected chi connectivity index (χ1v) is 9.01. The highest BCUT2D eigenvalue weighted by molar-refractivity contribution is 6.02. The minimum Gasteiger partial charge on any atom is -0.457 e. The SMILES string of the molecule is Cc1[nH]c(-c2ccccc2Oc2ccccc2)c2c1C(=O)CC(C)(C)C2. The molecule has 4 rings (SSSR count). The van der Waals surface area contributed by atoms with Gasteiger partial charge in [0.1, 0.15) is 11.5 Å². The van der Waals surface area contributed by atoms with Crippen LogP contribution in [0.15, 0.2) is 54.6 Å². The van der Waals surface area contributed by atoms with Crippen LogP contribution >= 0.6 is 0 Å². The number of aryl methyl sites for hydroxylation is 1. The van der Waals surface area contributed by atoms with Crippen LogP contribution in [0.4, 0.5) is 0 Å². The summed E-state index contributed by atoms with van der Waals surface area (Å²) in [5.41, 5.74) is 4.91. The molecule has 0 saturated heterocycles. The molecular weight excluding hydrogens is 322 g/mol. The zero-order valence-electron chi connectivity index (χ0n) is 15.4. The Morgan fingerprint density at radius 3 is 2.42 bits per heavy atom. The second-order valence-corrected chi connectivity index (χ2v) is 7.83. The first kappa shape index (κ1) is 16.6. The van der Waals surface area contributed by atoms with E-state index in [0.717, 1.165) is 46.0 Å². The molecule has 0 amide bonds. The summed E-state index contributed by atoms with van der Waals surface area (Å²) in [7, 11) is 0. The molecule has 3 heteroatoms. The predicted molar refractivity (Wildman–Crippen MR) is 104 cm³/mol. The molecule has 0 unspecified atom stereocenters. The van der Waals surface area contributed by atoms with E-state index in [-0.39, 0.29) is 11.2 Å². The Balaban J connectivity index is 1.83. The first-order chi connectivity index (χ1) is 12.4. The maximum Gasteiger partial charge on any atom is 0.165 e. The van der Waals surface area contributed by atoms with E-state index >= 15 is 0 Å². The van der Waals surface area contributed by atoms with Gasteiger partial charge in [0.25, 0.3) is 0 Å². The number of fused-ring (bicyclic) bond motifs is 1. The lowest BCUT2D eigenvalue weighted by molar-refractivity contribution is 0.0912. The van der Waals surface area contributed by atoms with E-state index in [4.69, 9.17) is 4.74 Å². The van der Waals surface area contributed by atoms with Gasteiger partial charge in [0.05, 0.1) is 5.69 Å². The van der Waals surface area contributed by atoms with E-state index in [1.165, 1.54) is 0 Å². The third-order valence-corrected chi connectivity index (χ3v) is 4.99. The van der Waals surface area contributed by atoms with Gasteiger partial charge in [0, 0.05) is 23.2 Å². The summed E-state index contributed by atoms with van der Waals surface area (Å²) in [5.74, 6) is 1.82. The standard InChI is InChI=1S/C23H23NO2/c1-15-21-18(13-23(2,3)14-19(21)25)22(24-15)17-11-7-8-12-20(17)26-16-9-5-4-6-10-16/h4-12,24H,13-14H2,1-3H3. The number of nitrogens with one attached hydrogen (secondary N) is 1. The van der Waals surface area contributed by atoms with E-state index in [9.17, 15) is 4.79 Å².